The number of halogens is 2. The van der Waals surface area contributed by atoms with Crippen molar-refractivity contribution in [1.82, 2.24) is 9.80 Å². The number of guanidine groups is 1. The number of hydrogen-bond acceptors (Lipinski definition) is 1. The molecule has 100 valence electrons. The van der Waals surface area contributed by atoms with Gasteiger partial charge in [-0.1, -0.05) is 30.3 Å². The lowest BCUT2D eigenvalue weighted by atomic mass is 10.1. The first kappa shape index (κ1) is 14.4. The summed E-state index contributed by atoms with van der Waals surface area (Å²) < 4.78 is 27.8. The molecule has 1 aromatic carbocycles. The van der Waals surface area contributed by atoms with Gasteiger partial charge in [0.2, 0.25) is 0 Å². The molecule has 0 aliphatic heterocycles. The van der Waals surface area contributed by atoms with Crippen LogP contribution in [-0.2, 0) is 5.92 Å². The minimum Gasteiger partial charge on any atom is -0.349 e. The molecule has 0 amide bonds. The van der Waals surface area contributed by atoms with Crippen LogP contribution in [0.4, 0.5) is 8.78 Å². The van der Waals surface area contributed by atoms with Crippen molar-refractivity contribution in [3.63, 3.8) is 0 Å². The first-order valence-corrected chi connectivity index (χ1v) is 5.67. The molecule has 5 heteroatoms. The zero-order chi connectivity index (χ0) is 13.8. The highest BCUT2D eigenvalue weighted by molar-refractivity contribution is 5.79. The van der Waals surface area contributed by atoms with E-state index in [0.29, 0.717) is 5.96 Å². The van der Waals surface area contributed by atoms with Crippen LogP contribution < -0.4 is 0 Å². The smallest absolute Gasteiger partial charge is 0.292 e. The molecule has 0 saturated heterocycles. The second-order valence-corrected chi connectivity index (χ2v) is 4.48. The van der Waals surface area contributed by atoms with Crippen LogP contribution in [0.1, 0.15) is 5.56 Å². The fourth-order valence-electron chi connectivity index (χ4n) is 1.63. The summed E-state index contributed by atoms with van der Waals surface area (Å²) >= 11 is 0. The van der Waals surface area contributed by atoms with Gasteiger partial charge >= 0.3 is 0 Å². The van der Waals surface area contributed by atoms with E-state index in [2.05, 4.69) is 4.99 Å². The maximum atomic E-state index is 13.9. The van der Waals surface area contributed by atoms with Crippen LogP contribution in [-0.4, -0.2) is 50.5 Å². The molecule has 1 aromatic rings. The lowest BCUT2D eigenvalue weighted by molar-refractivity contribution is 0.00609. The van der Waals surface area contributed by atoms with Crippen LogP contribution in [0.15, 0.2) is 35.3 Å². The Labute approximate surface area is 107 Å². The SMILES string of the molecule is CN(C)C(=NCC(F)(F)c1ccccc1)N(C)C. The second-order valence-electron chi connectivity index (χ2n) is 4.48. The van der Waals surface area contributed by atoms with E-state index >= 15 is 0 Å². The molecule has 0 N–H and O–H groups in total. The lowest BCUT2D eigenvalue weighted by Crippen LogP contribution is -2.36. The molecule has 0 aliphatic carbocycles. The van der Waals surface area contributed by atoms with Crippen molar-refractivity contribution in [3.8, 4) is 0 Å². The number of hydrogen-bond donors (Lipinski definition) is 0. The molecule has 0 atom stereocenters. The standard InChI is InChI=1S/C13H19F2N3/c1-17(2)12(18(3)4)16-10-13(14,15)11-8-6-5-7-9-11/h5-9H,10H2,1-4H3. The average Bonchev–Trinajstić information content (AvgIpc) is 2.29. The zero-order valence-corrected chi connectivity index (χ0v) is 11.2. The van der Waals surface area contributed by atoms with Crippen LogP contribution in [0.5, 0.6) is 0 Å². The molecule has 0 bridgehead atoms. The van der Waals surface area contributed by atoms with Crippen LogP contribution in [0.2, 0.25) is 0 Å². The van der Waals surface area contributed by atoms with Crippen molar-refractivity contribution in [2.45, 2.75) is 5.92 Å². The molecule has 0 aliphatic rings. The number of aliphatic imine (C=N–C) groups is 1. The third-order valence-electron chi connectivity index (χ3n) is 2.42. The Hall–Kier alpha value is -1.65. The molecule has 0 heterocycles. The molecular weight excluding hydrogens is 236 g/mol. The first-order valence-electron chi connectivity index (χ1n) is 5.67. The van der Waals surface area contributed by atoms with Gasteiger partial charge in [0.25, 0.3) is 5.92 Å². The van der Waals surface area contributed by atoms with Gasteiger partial charge in [0.15, 0.2) is 5.96 Å². The van der Waals surface area contributed by atoms with Gasteiger partial charge in [-0.05, 0) is 0 Å². The van der Waals surface area contributed by atoms with Gasteiger partial charge in [-0.2, -0.15) is 8.78 Å². The van der Waals surface area contributed by atoms with Gasteiger partial charge in [-0.25, -0.2) is 4.99 Å². The zero-order valence-electron chi connectivity index (χ0n) is 11.2. The van der Waals surface area contributed by atoms with Crippen LogP contribution in [0.3, 0.4) is 0 Å². The average molecular weight is 255 g/mol. The third-order valence-corrected chi connectivity index (χ3v) is 2.42. The van der Waals surface area contributed by atoms with E-state index < -0.39 is 12.5 Å². The molecule has 0 radical (unpaired) electrons. The topological polar surface area (TPSA) is 18.8 Å². The minimum absolute atomic E-state index is 0.00869. The molecule has 0 unspecified atom stereocenters. The minimum atomic E-state index is -2.95. The van der Waals surface area contributed by atoms with Crippen molar-refractivity contribution in [2.24, 2.45) is 4.99 Å². The molecule has 0 fully saturated rings. The van der Waals surface area contributed by atoms with Crippen molar-refractivity contribution in [1.29, 1.82) is 0 Å². The van der Waals surface area contributed by atoms with Gasteiger partial charge in [0.1, 0.15) is 6.54 Å². The largest absolute Gasteiger partial charge is 0.349 e. The highest BCUT2D eigenvalue weighted by atomic mass is 19.3. The summed E-state index contributed by atoms with van der Waals surface area (Å²) in [4.78, 5) is 7.41. The molecular formula is C13H19F2N3. The molecule has 0 aromatic heterocycles. The molecule has 3 nitrogen and oxygen atoms in total. The molecule has 0 spiro atoms. The summed E-state index contributed by atoms with van der Waals surface area (Å²) in [7, 11) is 7.11. The first-order chi connectivity index (χ1) is 8.34. The summed E-state index contributed by atoms with van der Waals surface area (Å²) in [5, 5.41) is 0. The maximum Gasteiger partial charge on any atom is 0.292 e. The quantitative estimate of drug-likeness (QED) is 0.609. The number of benzene rings is 1. The Bertz CT molecular complexity index is 390. The van der Waals surface area contributed by atoms with Gasteiger partial charge in [0.05, 0.1) is 0 Å². The molecule has 0 saturated carbocycles. The van der Waals surface area contributed by atoms with Crippen molar-refractivity contribution >= 4 is 5.96 Å². The summed E-state index contributed by atoms with van der Waals surface area (Å²) in [5.41, 5.74) is -0.00869. The van der Waals surface area contributed by atoms with E-state index in [4.69, 9.17) is 0 Å². The van der Waals surface area contributed by atoms with E-state index in [1.165, 1.54) is 12.1 Å². The Kier molecular flexibility index (Phi) is 4.64. The van der Waals surface area contributed by atoms with Crippen molar-refractivity contribution in [2.75, 3.05) is 34.7 Å². The second kappa shape index (κ2) is 5.80. The van der Waals surface area contributed by atoms with Gasteiger partial charge < -0.3 is 9.80 Å². The van der Waals surface area contributed by atoms with Gasteiger partial charge in [-0.15, -0.1) is 0 Å². The van der Waals surface area contributed by atoms with Crippen molar-refractivity contribution < 1.29 is 8.78 Å². The molecule has 18 heavy (non-hydrogen) atoms. The Morgan fingerprint density at radius 2 is 1.56 bits per heavy atom. The maximum absolute atomic E-state index is 13.9. The summed E-state index contributed by atoms with van der Waals surface area (Å²) in [6.07, 6.45) is 0. The highest BCUT2D eigenvalue weighted by Gasteiger charge is 2.31. The van der Waals surface area contributed by atoms with E-state index in [1.807, 2.05) is 0 Å². The molecule has 1 rings (SSSR count). The highest BCUT2D eigenvalue weighted by Crippen LogP contribution is 2.27. The Balaban J connectivity index is 2.86. The fraction of sp³-hybridized carbons (Fsp3) is 0.462. The lowest BCUT2D eigenvalue weighted by Gasteiger charge is -2.24. The predicted molar refractivity (Wildman–Crippen MR) is 70.0 cm³/mol. The number of rotatable bonds is 3. The number of alkyl halides is 2. The summed E-state index contributed by atoms with van der Waals surface area (Å²) in [6, 6.07) is 7.76. The Morgan fingerprint density at radius 1 is 1.06 bits per heavy atom. The fourth-order valence-corrected chi connectivity index (χ4v) is 1.63. The van der Waals surface area contributed by atoms with Crippen LogP contribution >= 0.6 is 0 Å². The normalized spacial score (nSPS) is 11.0. The Morgan fingerprint density at radius 3 is 2.00 bits per heavy atom. The van der Waals surface area contributed by atoms with E-state index in [1.54, 1.807) is 56.2 Å². The number of nitrogens with zero attached hydrogens (tertiary/aromatic N) is 3. The van der Waals surface area contributed by atoms with Gasteiger partial charge in [-0.3, -0.25) is 0 Å². The predicted octanol–water partition coefficient (Wildman–Crippen LogP) is 2.26. The summed E-state index contributed by atoms with van der Waals surface area (Å²) in [5.74, 6) is -2.43. The van der Waals surface area contributed by atoms with Crippen LogP contribution in [0, 0.1) is 0 Å². The summed E-state index contributed by atoms with van der Waals surface area (Å²) in [6.45, 7) is -0.553. The third kappa shape index (κ3) is 3.68. The van der Waals surface area contributed by atoms with E-state index in [-0.39, 0.29) is 5.56 Å². The van der Waals surface area contributed by atoms with E-state index in [0.717, 1.165) is 0 Å². The monoisotopic (exact) mass is 255 g/mol. The van der Waals surface area contributed by atoms with E-state index in [9.17, 15) is 8.78 Å². The van der Waals surface area contributed by atoms with Gasteiger partial charge in [0, 0.05) is 33.8 Å². The van der Waals surface area contributed by atoms with Crippen molar-refractivity contribution in [3.05, 3.63) is 35.9 Å². The van der Waals surface area contributed by atoms with Crippen LogP contribution in [0.25, 0.3) is 0 Å².